The minimum absolute atomic E-state index is 0.1000. The molecule has 2 amide bonds. The summed E-state index contributed by atoms with van der Waals surface area (Å²) < 4.78 is 7.30. The predicted molar refractivity (Wildman–Crippen MR) is 106 cm³/mol. The van der Waals surface area contributed by atoms with Gasteiger partial charge in [0.05, 0.1) is 12.6 Å². The van der Waals surface area contributed by atoms with Crippen molar-refractivity contribution in [1.82, 2.24) is 14.4 Å². The van der Waals surface area contributed by atoms with Crippen molar-refractivity contribution >= 4 is 22.7 Å². The molecule has 1 aromatic carbocycles. The number of aryl methyl sites for hydroxylation is 1. The standard InChI is InChI=1S/C22H27N3O3/c1-23-19-10-17(28-2)7-6-15(19)9-20(23)22(27)24-11-14-8-16(13-24)18-4-3-5-21(26)25(18)12-14/h6-7,9-10,14,16,18H,3-5,8,11-13H2,1-2H3/t14-,16-,18?/m0/s1. The van der Waals surface area contributed by atoms with Crippen LogP contribution in [0.4, 0.5) is 0 Å². The van der Waals surface area contributed by atoms with Crippen LogP contribution in [0.15, 0.2) is 24.3 Å². The fraction of sp³-hybridized carbons (Fsp3) is 0.545. The number of carbonyl (C=O) groups excluding carboxylic acids is 2. The van der Waals surface area contributed by atoms with Gasteiger partial charge in [-0.3, -0.25) is 9.59 Å². The van der Waals surface area contributed by atoms with Crippen LogP contribution in [-0.4, -0.2) is 59.0 Å². The van der Waals surface area contributed by atoms with Gasteiger partial charge >= 0.3 is 0 Å². The Morgan fingerprint density at radius 1 is 1.18 bits per heavy atom. The highest BCUT2D eigenvalue weighted by molar-refractivity contribution is 5.99. The van der Waals surface area contributed by atoms with Crippen LogP contribution in [0.2, 0.25) is 0 Å². The van der Waals surface area contributed by atoms with Gasteiger partial charge in [-0.2, -0.15) is 0 Å². The number of amides is 2. The molecule has 0 N–H and O–H groups in total. The summed E-state index contributed by atoms with van der Waals surface area (Å²) in [5, 5.41) is 1.05. The summed E-state index contributed by atoms with van der Waals surface area (Å²) in [7, 11) is 3.60. The number of nitrogens with zero attached hydrogens (tertiary/aromatic N) is 3. The average Bonchev–Trinajstić information content (AvgIpc) is 3.04. The smallest absolute Gasteiger partial charge is 0.270 e. The molecule has 4 heterocycles. The molecule has 1 unspecified atom stereocenters. The summed E-state index contributed by atoms with van der Waals surface area (Å²) in [5.41, 5.74) is 1.73. The number of fused-ring (bicyclic) bond motifs is 5. The van der Waals surface area contributed by atoms with E-state index in [4.69, 9.17) is 4.74 Å². The second-order valence-corrected chi connectivity index (χ2v) is 8.59. The van der Waals surface area contributed by atoms with Crippen molar-refractivity contribution < 1.29 is 14.3 Å². The van der Waals surface area contributed by atoms with Crippen molar-refractivity contribution in [2.75, 3.05) is 26.7 Å². The predicted octanol–water partition coefficient (Wildman–Crippen LogP) is 2.66. The number of methoxy groups -OCH3 is 1. The molecule has 28 heavy (non-hydrogen) atoms. The van der Waals surface area contributed by atoms with Crippen LogP contribution in [-0.2, 0) is 11.8 Å². The molecule has 0 aliphatic carbocycles. The van der Waals surface area contributed by atoms with Crippen LogP contribution in [0.5, 0.6) is 5.75 Å². The molecule has 3 aliphatic rings. The Hall–Kier alpha value is -2.50. The van der Waals surface area contributed by atoms with E-state index in [1.165, 1.54) is 0 Å². The fourth-order valence-electron chi connectivity index (χ4n) is 5.58. The minimum Gasteiger partial charge on any atom is -0.497 e. The maximum absolute atomic E-state index is 13.4. The first-order valence-electron chi connectivity index (χ1n) is 10.3. The zero-order valence-corrected chi connectivity index (χ0v) is 16.6. The first-order valence-corrected chi connectivity index (χ1v) is 10.3. The van der Waals surface area contributed by atoms with E-state index in [-0.39, 0.29) is 5.91 Å². The monoisotopic (exact) mass is 381 g/mol. The molecule has 6 nitrogen and oxygen atoms in total. The summed E-state index contributed by atoms with van der Waals surface area (Å²) in [5.74, 6) is 2.02. The number of piperidine rings is 3. The summed E-state index contributed by atoms with van der Waals surface area (Å²) in [6, 6.07) is 8.21. The molecule has 6 heteroatoms. The molecule has 1 aromatic heterocycles. The molecule has 2 aromatic rings. The Bertz CT molecular complexity index is 950. The lowest BCUT2D eigenvalue weighted by atomic mass is 9.76. The molecule has 2 bridgehead atoms. The van der Waals surface area contributed by atoms with Crippen LogP contribution < -0.4 is 4.74 Å². The van der Waals surface area contributed by atoms with Crippen LogP contribution in [0.3, 0.4) is 0 Å². The Kier molecular flexibility index (Phi) is 4.11. The quantitative estimate of drug-likeness (QED) is 0.804. The SMILES string of the molecule is COc1ccc2cc(C(=O)N3C[C@@H]4C[C@@H](C3)C3CCCC(=O)N3C4)n(C)c2c1. The van der Waals surface area contributed by atoms with Crippen molar-refractivity contribution in [3.05, 3.63) is 30.0 Å². The van der Waals surface area contributed by atoms with Crippen molar-refractivity contribution in [2.24, 2.45) is 18.9 Å². The molecule has 0 saturated carbocycles. The molecule has 3 fully saturated rings. The van der Waals surface area contributed by atoms with E-state index in [9.17, 15) is 9.59 Å². The maximum atomic E-state index is 13.4. The third-order valence-corrected chi connectivity index (χ3v) is 6.94. The molecule has 3 atom stereocenters. The van der Waals surface area contributed by atoms with E-state index in [0.717, 1.165) is 61.2 Å². The summed E-state index contributed by atoms with van der Waals surface area (Å²) in [6.07, 6.45) is 3.90. The van der Waals surface area contributed by atoms with Gasteiger partial charge in [-0.25, -0.2) is 0 Å². The summed E-state index contributed by atoms with van der Waals surface area (Å²) in [4.78, 5) is 29.9. The molecule has 0 radical (unpaired) electrons. The van der Waals surface area contributed by atoms with Gasteiger partial charge in [-0.1, -0.05) is 0 Å². The number of rotatable bonds is 2. The third-order valence-electron chi connectivity index (χ3n) is 6.94. The van der Waals surface area contributed by atoms with Crippen LogP contribution >= 0.6 is 0 Å². The summed E-state index contributed by atoms with van der Waals surface area (Å²) >= 11 is 0. The van der Waals surface area contributed by atoms with Gasteiger partial charge in [0.25, 0.3) is 5.91 Å². The zero-order valence-electron chi connectivity index (χ0n) is 16.6. The molecule has 148 valence electrons. The van der Waals surface area contributed by atoms with Crippen molar-refractivity contribution in [3.8, 4) is 5.75 Å². The van der Waals surface area contributed by atoms with E-state index in [2.05, 4.69) is 4.90 Å². The van der Waals surface area contributed by atoms with E-state index >= 15 is 0 Å². The normalized spacial score (nSPS) is 27.1. The van der Waals surface area contributed by atoms with Crippen LogP contribution in [0, 0.1) is 11.8 Å². The minimum atomic E-state index is 0.1000. The Morgan fingerprint density at radius 2 is 2.04 bits per heavy atom. The lowest BCUT2D eigenvalue weighted by Crippen LogP contribution is -2.61. The lowest BCUT2D eigenvalue weighted by molar-refractivity contribution is -0.144. The second-order valence-electron chi connectivity index (χ2n) is 8.59. The Labute approximate surface area is 165 Å². The van der Waals surface area contributed by atoms with Gasteiger partial charge in [0.2, 0.25) is 5.91 Å². The number of ether oxygens (including phenoxy) is 1. The molecular weight excluding hydrogens is 354 g/mol. The largest absolute Gasteiger partial charge is 0.497 e. The van der Waals surface area contributed by atoms with Crippen LogP contribution in [0.1, 0.15) is 36.2 Å². The number of carbonyl (C=O) groups is 2. The van der Waals surface area contributed by atoms with E-state index < -0.39 is 0 Å². The summed E-state index contributed by atoms with van der Waals surface area (Å²) in [6.45, 7) is 2.32. The van der Waals surface area contributed by atoms with E-state index in [0.29, 0.717) is 30.2 Å². The fourth-order valence-corrected chi connectivity index (χ4v) is 5.58. The molecule has 3 aliphatic heterocycles. The highest BCUT2D eigenvalue weighted by atomic mass is 16.5. The maximum Gasteiger partial charge on any atom is 0.270 e. The van der Waals surface area contributed by atoms with Crippen LogP contribution in [0.25, 0.3) is 10.9 Å². The van der Waals surface area contributed by atoms with Gasteiger partial charge in [0.1, 0.15) is 11.4 Å². The molecule has 3 saturated heterocycles. The van der Waals surface area contributed by atoms with Gasteiger partial charge in [0, 0.05) is 50.6 Å². The van der Waals surface area contributed by atoms with Gasteiger partial charge in [0.15, 0.2) is 0 Å². The van der Waals surface area contributed by atoms with Gasteiger partial charge < -0.3 is 19.1 Å². The number of hydrogen-bond donors (Lipinski definition) is 0. The van der Waals surface area contributed by atoms with Crippen molar-refractivity contribution in [3.63, 3.8) is 0 Å². The lowest BCUT2D eigenvalue weighted by Gasteiger charge is -2.52. The molecule has 0 spiro atoms. The zero-order chi connectivity index (χ0) is 19.4. The van der Waals surface area contributed by atoms with E-state index in [1.54, 1.807) is 7.11 Å². The number of aromatic nitrogens is 1. The van der Waals surface area contributed by atoms with Crippen molar-refractivity contribution in [1.29, 1.82) is 0 Å². The van der Waals surface area contributed by atoms with Crippen molar-refractivity contribution in [2.45, 2.75) is 31.7 Å². The Morgan fingerprint density at radius 3 is 2.86 bits per heavy atom. The van der Waals surface area contributed by atoms with Gasteiger partial charge in [-0.05, 0) is 49.3 Å². The number of likely N-dealkylation sites (tertiary alicyclic amines) is 1. The molecule has 5 rings (SSSR count). The first-order chi connectivity index (χ1) is 13.5. The topological polar surface area (TPSA) is 54.8 Å². The highest BCUT2D eigenvalue weighted by Gasteiger charge is 2.45. The first kappa shape index (κ1) is 17.6. The average molecular weight is 381 g/mol. The number of benzene rings is 1. The van der Waals surface area contributed by atoms with Gasteiger partial charge in [-0.15, -0.1) is 0 Å². The second kappa shape index (κ2) is 6.54. The Balaban J connectivity index is 1.41. The molecular formula is C22H27N3O3. The third kappa shape index (κ3) is 2.69. The highest BCUT2D eigenvalue weighted by Crippen LogP contribution is 2.38. The number of hydrogen-bond acceptors (Lipinski definition) is 3. The van der Waals surface area contributed by atoms with E-state index in [1.807, 2.05) is 40.8 Å².